The fourth-order valence-electron chi connectivity index (χ4n) is 2.06. The van der Waals surface area contributed by atoms with Crippen molar-refractivity contribution in [3.63, 3.8) is 0 Å². The first-order valence-corrected chi connectivity index (χ1v) is 9.15. The molecule has 0 bridgehead atoms. The molecule has 2 rings (SSSR count). The van der Waals surface area contributed by atoms with E-state index in [1.54, 1.807) is 24.2 Å². The van der Waals surface area contributed by atoms with Crippen molar-refractivity contribution in [3.8, 4) is 0 Å². The number of hydrogen-bond acceptors (Lipinski definition) is 7. The van der Waals surface area contributed by atoms with Crippen molar-refractivity contribution in [1.82, 2.24) is 4.98 Å². The number of para-hydroxylation sites is 1. The number of nitro benzene ring substituents is 1. The summed E-state index contributed by atoms with van der Waals surface area (Å²) in [5, 5.41) is 14.1. The highest BCUT2D eigenvalue weighted by Gasteiger charge is 2.27. The molecule has 118 valence electrons. The first-order valence-electron chi connectivity index (χ1n) is 6.37. The van der Waals surface area contributed by atoms with Gasteiger partial charge in [0, 0.05) is 37.8 Å². The molecule has 0 atom stereocenters. The van der Waals surface area contributed by atoms with E-state index in [1.807, 2.05) is 5.38 Å². The van der Waals surface area contributed by atoms with Crippen molar-refractivity contribution >= 4 is 32.5 Å². The van der Waals surface area contributed by atoms with E-state index in [0.29, 0.717) is 13.0 Å². The number of aromatic nitrogens is 1. The summed E-state index contributed by atoms with van der Waals surface area (Å²) >= 11 is 1.51. The quantitative estimate of drug-likeness (QED) is 0.590. The van der Waals surface area contributed by atoms with Crippen molar-refractivity contribution < 1.29 is 13.3 Å². The molecule has 0 unspecified atom stereocenters. The fraction of sp³-hybridized carbons (Fsp3) is 0.308. The second kappa shape index (κ2) is 6.41. The molecule has 2 aromatic rings. The average Bonchev–Trinajstić information content (AvgIpc) is 2.96. The Hall–Kier alpha value is -2.00. The van der Waals surface area contributed by atoms with Crippen LogP contribution in [-0.2, 0) is 16.3 Å². The number of nitro groups is 1. The lowest BCUT2D eigenvalue weighted by molar-refractivity contribution is -0.387. The number of anilines is 1. The molecule has 22 heavy (non-hydrogen) atoms. The Morgan fingerprint density at radius 2 is 2.14 bits per heavy atom. The number of hydrogen-bond donors (Lipinski definition) is 0. The number of sulfone groups is 1. The predicted molar refractivity (Wildman–Crippen MR) is 85.3 cm³/mol. The van der Waals surface area contributed by atoms with Gasteiger partial charge in [0.25, 0.3) is 0 Å². The van der Waals surface area contributed by atoms with Crippen LogP contribution in [0.1, 0.15) is 5.01 Å². The van der Waals surface area contributed by atoms with E-state index in [1.165, 1.54) is 23.5 Å². The van der Waals surface area contributed by atoms with E-state index >= 15 is 0 Å². The van der Waals surface area contributed by atoms with Gasteiger partial charge in [0.05, 0.1) is 9.93 Å². The number of rotatable bonds is 6. The van der Waals surface area contributed by atoms with E-state index in [4.69, 9.17) is 0 Å². The van der Waals surface area contributed by atoms with Gasteiger partial charge in [-0.3, -0.25) is 10.1 Å². The van der Waals surface area contributed by atoms with E-state index in [2.05, 4.69) is 4.98 Å². The van der Waals surface area contributed by atoms with Gasteiger partial charge in [-0.15, -0.1) is 11.3 Å². The number of benzene rings is 1. The summed E-state index contributed by atoms with van der Waals surface area (Å²) in [4.78, 5) is 16.2. The molecule has 0 amide bonds. The zero-order valence-corrected chi connectivity index (χ0v) is 13.7. The molecular formula is C13H15N3O4S2. The summed E-state index contributed by atoms with van der Waals surface area (Å²) in [5.41, 5.74) is -0.101. The molecule has 0 aliphatic heterocycles. The third-order valence-electron chi connectivity index (χ3n) is 3.12. The molecule has 1 aromatic heterocycles. The van der Waals surface area contributed by atoms with Gasteiger partial charge in [0.15, 0.2) is 9.84 Å². The Balaban J connectivity index is 2.35. The Labute approximate surface area is 132 Å². The molecule has 0 aliphatic rings. The minimum atomic E-state index is -3.67. The molecule has 0 fully saturated rings. The van der Waals surface area contributed by atoms with E-state index in [-0.39, 0.29) is 16.3 Å². The van der Waals surface area contributed by atoms with E-state index in [9.17, 15) is 18.5 Å². The largest absolute Gasteiger partial charge is 0.369 e. The first kappa shape index (κ1) is 16.4. The van der Waals surface area contributed by atoms with Gasteiger partial charge >= 0.3 is 5.69 Å². The van der Waals surface area contributed by atoms with E-state index < -0.39 is 14.8 Å². The summed E-state index contributed by atoms with van der Waals surface area (Å²) in [6.45, 7) is 0.502. The highest BCUT2D eigenvalue weighted by Crippen LogP contribution is 2.34. The van der Waals surface area contributed by atoms with Crippen LogP contribution < -0.4 is 4.90 Å². The lowest BCUT2D eigenvalue weighted by Crippen LogP contribution is -2.22. The maximum atomic E-state index is 11.7. The lowest BCUT2D eigenvalue weighted by Gasteiger charge is -2.19. The maximum Gasteiger partial charge on any atom is 0.311 e. The predicted octanol–water partition coefficient (Wildman–Crippen LogP) is 2.13. The van der Waals surface area contributed by atoms with Crippen molar-refractivity contribution in [3.05, 3.63) is 44.9 Å². The molecule has 0 spiro atoms. The summed E-state index contributed by atoms with van der Waals surface area (Å²) in [6, 6.07) is 4.32. The molecular weight excluding hydrogens is 326 g/mol. The van der Waals surface area contributed by atoms with Gasteiger partial charge in [-0.2, -0.15) is 0 Å². The van der Waals surface area contributed by atoms with Crippen LogP contribution in [0.4, 0.5) is 11.4 Å². The molecule has 0 saturated heterocycles. The second-order valence-electron chi connectivity index (χ2n) is 4.75. The van der Waals surface area contributed by atoms with Gasteiger partial charge in [0.1, 0.15) is 10.6 Å². The van der Waals surface area contributed by atoms with Crippen LogP contribution in [0, 0.1) is 10.1 Å². The van der Waals surface area contributed by atoms with Gasteiger partial charge in [0.2, 0.25) is 0 Å². The average molecular weight is 341 g/mol. The van der Waals surface area contributed by atoms with Gasteiger partial charge < -0.3 is 4.90 Å². The molecule has 7 nitrogen and oxygen atoms in total. The minimum absolute atomic E-state index is 0.268. The highest BCUT2D eigenvalue weighted by molar-refractivity contribution is 7.90. The Morgan fingerprint density at radius 3 is 2.68 bits per heavy atom. The summed E-state index contributed by atoms with van der Waals surface area (Å²) < 4.78 is 23.5. The third-order valence-corrected chi connectivity index (χ3v) is 5.08. The van der Waals surface area contributed by atoms with Crippen LogP contribution >= 0.6 is 11.3 Å². The van der Waals surface area contributed by atoms with Crippen LogP contribution in [0.25, 0.3) is 0 Å². The lowest BCUT2D eigenvalue weighted by atomic mass is 10.2. The molecule has 0 aliphatic carbocycles. The summed E-state index contributed by atoms with van der Waals surface area (Å²) in [7, 11) is -1.97. The van der Waals surface area contributed by atoms with Crippen LogP contribution in [0.15, 0.2) is 34.7 Å². The van der Waals surface area contributed by atoms with Crippen LogP contribution in [0.3, 0.4) is 0 Å². The summed E-state index contributed by atoms with van der Waals surface area (Å²) in [5.74, 6) is 0. The Kier molecular flexibility index (Phi) is 4.77. The first-order chi connectivity index (χ1) is 10.3. The van der Waals surface area contributed by atoms with E-state index in [0.717, 1.165) is 11.3 Å². The van der Waals surface area contributed by atoms with Crippen molar-refractivity contribution in [1.29, 1.82) is 0 Å². The monoisotopic (exact) mass is 341 g/mol. The Bertz CT molecular complexity index is 773. The molecule has 9 heteroatoms. The van der Waals surface area contributed by atoms with Crippen molar-refractivity contribution in [2.45, 2.75) is 11.3 Å². The molecule has 1 aromatic carbocycles. The number of thiazole rings is 1. The van der Waals surface area contributed by atoms with Crippen molar-refractivity contribution in [2.75, 3.05) is 24.7 Å². The van der Waals surface area contributed by atoms with Crippen LogP contribution in [0.5, 0.6) is 0 Å². The molecule has 1 heterocycles. The second-order valence-corrected chi connectivity index (χ2v) is 7.71. The Morgan fingerprint density at radius 1 is 1.41 bits per heavy atom. The summed E-state index contributed by atoms with van der Waals surface area (Å²) in [6.07, 6.45) is 3.30. The number of nitrogens with zero attached hydrogens (tertiary/aromatic N) is 3. The highest BCUT2D eigenvalue weighted by atomic mass is 32.2. The van der Waals surface area contributed by atoms with Gasteiger partial charge in [-0.05, 0) is 12.1 Å². The zero-order chi connectivity index (χ0) is 16.3. The topological polar surface area (TPSA) is 93.4 Å². The maximum absolute atomic E-state index is 11.7. The fourth-order valence-corrected chi connectivity index (χ4v) is 3.53. The molecule has 0 N–H and O–H groups in total. The van der Waals surface area contributed by atoms with Crippen LogP contribution in [0.2, 0.25) is 0 Å². The molecule has 0 saturated carbocycles. The molecule has 0 radical (unpaired) electrons. The normalized spacial score (nSPS) is 11.4. The smallest absolute Gasteiger partial charge is 0.311 e. The SMILES string of the molecule is CN(CCc1nccs1)c1cccc(S(C)(=O)=O)c1[N+](=O)[O-]. The standard InChI is InChI=1S/C13H15N3O4S2/c1-15(8-6-12-14-7-9-21-12)10-4-3-5-11(22(2,19)20)13(10)16(17)18/h3-5,7,9H,6,8H2,1-2H3. The third kappa shape index (κ3) is 3.60. The number of likely N-dealkylation sites (N-methyl/N-ethyl adjacent to an activating group) is 1. The van der Waals surface area contributed by atoms with Gasteiger partial charge in [-0.25, -0.2) is 13.4 Å². The minimum Gasteiger partial charge on any atom is -0.369 e. The van der Waals surface area contributed by atoms with Gasteiger partial charge in [-0.1, -0.05) is 6.07 Å². The van der Waals surface area contributed by atoms with Crippen LogP contribution in [-0.4, -0.2) is 38.2 Å². The zero-order valence-electron chi connectivity index (χ0n) is 12.1. The van der Waals surface area contributed by atoms with Crippen molar-refractivity contribution in [2.24, 2.45) is 0 Å².